The van der Waals surface area contributed by atoms with E-state index >= 15 is 0 Å². The summed E-state index contributed by atoms with van der Waals surface area (Å²) in [6, 6.07) is 0. The summed E-state index contributed by atoms with van der Waals surface area (Å²) >= 11 is 5.61. The number of H-pyrrole nitrogens is 1. The number of nitrogens with zero attached hydrogens (tertiary/aromatic N) is 3. The number of unbranched alkanes of at least 4 members (excludes halogenated alkanes) is 1. The Bertz CT molecular complexity index is 777. The number of hydrogen-bond acceptors (Lipinski definition) is 5. The van der Waals surface area contributed by atoms with Crippen molar-refractivity contribution in [3.63, 3.8) is 0 Å². The number of rotatable bonds is 8. The first-order valence-corrected chi connectivity index (χ1v) is 8.16. The van der Waals surface area contributed by atoms with E-state index in [1.807, 2.05) is 0 Å². The zero-order valence-corrected chi connectivity index (χ0v) is 14.1. The second kappa shape index (κ2) is 7.65. The molecule has 0 saturated heterocycles. The van der Waals surface area contributed by atoms with Crippen LogP contribution in [0, 0.1) is 0 Å². The average Bonchev–Trinajstić information content (AvgIpc) is 2.94. The summed E-state index contributed by atoms with van der Waals surface area (Å²) in [6.07, 6.45) is 1.67. The van der Waals surface area contributed by atoms with E-state index in [4.69, 9.17) is 11.6 Å². The molecule has 0 aliphatic heterocycles. The molecule has 8 nitrogen and oxygen atoms in total. The number of alkyl halides is 1. The van der Waals surface area contributed by atoms with Gasteiger partial charge in [-0.3, -0.25) is 13.9 Å². The Hall–Kier alpha value is -1.80. The van der Waals surface area contributed by atoms with Crippen molar-refractivity contribution < 1.29 is 5.11 Å². The number of hydrogen-bond donors (Lipinski definition) is 3. The molecule has 1 atom stereocenters. The van der Waals surface area contributed by atoms with Gasteiger partial charge in [0.25, 0.3) is 5.56 Å². The number of aliphatic hydroxyl groups excluding tert-OH is 1. The molecule has 128 valence electrons. The first kappa shape index (κ1) is 17.6. The lowest BCUT2D eigenvalue weighted by Gasteiger charge is -2.08. The van der Waals surface area contributed by atoms with Crippen LogP contribution in [0.5, 0.6) is 0 Å². The van der Waals surface area contributed by atoms with Crippen molar-refractivity contribution in [1.82, 2.24) is 19.1 Å². The highest BCUT2D eigenvalue weighted by molar-refractivity contribution is 6.18. The van der Waals surface area contributed by atoms with Gasteiger partial charge in [-0.15, -0.1) is 11.6 Å². The normalized spacial score (nSPS) is 12.7. The fourth-order valence-electron chi connectivity index (χ4n) is 2.41. The minimum absolute atomic E-state index is 0.291. The Kier molecular flexibility index (Phi) is 5.84. The quantitative estimate of drug-likeness (QED) is 0.481. The molecule has 0 saturated carbocycles. The Morgan fingerprint density at radius 3 is 2.78 bits per heavy atom. The molecule has 2 rings (SSSR count). The van der Waals surface area contributed by atoms with E-state index in [0.717, 1.165) is 6.42 Å². The average molecular weight is 344 g/mol. The minimum atomic E-state index is -0.394. The molecule has 0 aromatic carbocycles. The molecular formula is C14H22ClN5O3. The van der Waals surface area contributed by atoms with Gasteiger partial charge in [0, 0.05) is 26.0 Å². The van der Waals surface area contributed by atoms with Crippen LogP contribution in [-0.2, 0) is 13.6 Å². The molecule has 0 fully saturated rings. The predicted molar refractivity (Wildman–Crippen MR) is 90.3 cm³/mol. The summed E-state index contributed by atoms with van der Waals surface area (Å²) in [7, 11) is 1.59. The van der Waals surface area contributed by atoms with E-state index in [-0.39, 0.29) is 11.7 Å². The summed E-state index contributed by atoms with van der Waals surface area (Å²) in [5, 5.41) is 12.2. The third-order valence-corrected chi connectivity index (χ3v) is 3.81. The maximum Gasteiger partial charge on any atom is 0.332 e. The van der Waals surface area contributed by atoms with Gasteiger partial charge in [0.15, 0.2) is 11.2 Å². The van der Waals surface area contributed by atoms with Gasteiger partial charge in [-0.25, -0.2) is 4.79 Å². The number of aliphatic hydroxyl groups is 1. The van der Waals surface area contributed by atoms with Gasteiger partial charge < -0.3 is 15.4 Å². The van der Waals surface area contributed by atoms with E-state index in [0.29, 0.717) is 48.9 Å². The lowest BCUT2D eigenvalue weighted by molar-refractivity contribution is 0.180. The fraction of sp³-hybridized carbons (Fsp3) is 0.643. The van der Waals surface area contributed by atoms with E-state index in [2.05, 4.69) is 15.3 Å². The van der Waals surface area contributed by atoms with Crippen molar-refractivity contribution in [1.29, 1.82) is 0 Å². The van der Waals surface area contributed by atoms with Crippen LogP contribution in [0.1, 0.15) is 26.2 Å². The fourth-order valence-corrected chi connectivity index (χ4v) is 2.50. The van der Waals surface area contributed by atoms with Crippen molar-refractivity contribution in [3.05, 3.63) is 20.8 Å². The van der Waals surface area contributed by atoms with E-state index in [1.165, 1.54) is 9.13 Å². The largest absolute Gasteiger partial charge is 0.393 e. The van der Waals surface area contributed by atoms with Gasteiger partial charge in [0.05, 0.1) is 6.10 Å². The number of aromatic nitrogens is 4. The second-order valence-corrected chi connectivity index (χ2v) is 5.92. The van der Waals surface area contributed by atoms with Crippen LogP contribution in [0.3, 0.4) is 0 Å². The van der Waals surface area contributed by atoms with Crippen LogP contribution >= 0.6 is 11.6 Å². The van der Waals surface area contributed by atoms with Gasteiger partial charge in [0.2, 0.25) is 5.95 Å². The number of fused-ring (bicyclic) bond motifs is 1. The molecule has 2 heterocycles. The smallest absolute Gasteiger partial charge is 0.332 e. The number of anilines is 1. The molecule has 2 aromatic heterocycles. The zero-order chi connectivity index (χ0) is 17.0. The highest BCUT2D eigenvalue weighted by Crippen LogP contribution is 2.08. The number of imidazole rings is 1. The third kappa shape index (κ3) is 3.94. The molecule has 2 aromatic rings. The third-order valence-electron chi connectivity index (χ3n) is 3.62. The van der Waals surface area contributed by atoms with Gasteiger partial charge in [0.1, 0.15) is 0 Å². The maximum atomic E-state index is 12.5. The minimum Gasteiger partial charge on any atom is -0.393 e. The van der Waals surface area contributed by atoms with Crippen molar-refractivity contribution in [2.45, 2.75) is 38.8 Å². The molecule has 9 heteroatoms. The van der Waals surface area contributed by atoms with Crippen LogP contribution < -0.4 is 16.6 Å². The van der Waals surface area contributed by atoms with E-state index in [1.54, 1.807) is 14.0 Å². The van der Waals surface area contributed by atoms with Crippen LogP contribution in [0.25, 0.3) is 11.2 Å². The maximum absolute atomic E-state index is 12.5. The highest BCUT2D eigenvalue weighted by atomic mass is 35.5. The molecule has 0 radical (unpaired) electrons. The highest BCUT2D eigenvalue weighted by Gasteiger charge is 2.15. The molecular weight excluding hydrogens is 322 g/mol. The monoisotopic (exact) mass is 343 g/mol. The Morgan fingerprint density at radius 2 is 2.13 bits per heavy atom. The molecule has 0 aliphatic carbocycles. The van der Waals surface area contributed by atoms with Gasteiger partial charge in [-0.2, -0.15) is 4.98 Å². The van der Waals surface area contributed by atoms with Crippen molar-refractivity contribution >= 4 is 28.7 Å². The van der Waals surface area contributed by atoms with Gasteiger partial charge in [-0.1, -0.05) is 0 Å². The summed E-state index contributed by atoms with van der Waals surface area (Å²) < 4.78 is 2.56. The molecule has 0 aliphatic rings. The summed E-state index contributed by atoms with van der Waals surface area (Å²) in [6.45, 7) is 2.54. The predicted octanol–water partition coefficient (Wildman–Crippen LogP) is 0.625. The molecule has 0 spiro atoms. The van der Waals surface area contributed by atoms with E-state index < -0.39 is 5.69 Å². The van der Waals surface area contributed by atoms with Crippen molar-refractivity contribution in [2.24, 2.45) is 7.05 Å². The lowest BCUT2D eigenvalue weighted by atomic mass is 10.2. The molecule has 23 heavy (non-hydrogen) atoms. The van der Waals surface area contributed by atoms with Crippen molar-refractivity contribution in [2.75, 3.05) is 17.7 Å². The van der Waals surface area contributed by atoms with Crippen LogP contribution in [0.15, 0.2) is 9.59 Å². The van der Waals surface area contributed by atoms with Crippen LogP contribution in [-0.4, -0.2) is 42.7 Å². The zero-order valence-electron chi connectivity index (χ0n) is 13.3. The van der Waals surface area contributed by atoms with Gasteiger partial charge in [-0.05, 0) is 26.2 Å². The molecule has 0 bridgehead atoms. The van der Waals surface area contributed by atoms with Crippen molar-refractivity contribution in [3.8, 4) is 0 Å². The molecule has 3 N–H and O–H groups in total. The Labute approximate surface area is 138 Å². The SMILES string of the molecule is CC(O)CCCCn1c(=O)c2[nH]c(NCCCl)nc2n(C)c1=O. The van der Waals surface area contributed by atoms with E-state index in [9.17, 15) is 14.7 Å². The number of aromatic amines is 1. The number of halogens is 1. The van der Waals surface area contributed by atoms with Crippen LogP contribution in [0.4, 0.5) is 5.95 Å². The number of aryl methyl sites for hydroxylation is 1. The molecule has 0 amide bonds. The Balaban J connectivity index is 2.31. The van der Waals surface area contributed by atoms with Crippen LogP contribution in [0.2, 0.25) is 0 Å². The summed E-state index contributed by atoms with van der Waals surface area (Å²) in [5.41, 5.74) is -0.168. The van der Waals surface area contributed by atoms with Gasteiger partial charge >= 0.3 is 5.69 Å². The number of nitrogens with one attached hydrogen (secondary N) is 2. The molecule has 1 unspecified atom stereocenters. The first-order valence-electron chi connectivity index (χ1n) is 7.63. The standard InChI is InChI=1S/C14H22ClN5O3/c1-9(21)5-3-4-8-20-12(22)10-11(19(2)14(20)23)18-13(17-10)16-7-6-15/h9,21H,3-8H2,1-2H3,(H2,16,17,18). The Morgan fingerprint density at radius 1 is 1.39 bits per heavy atom. The first-order chi connectivity index (χ1) is 11.0. The summed E-state index contributed by atoms with van der Waals surface area (Å²) in [5.74, 6) is 0.823. The topological polar surface area (TPSA) is 105 Å². The summed E-state index contributed by atoms with van der Waals surface area (Å²) in [4.78, 5) is 32.0. The second-order valence-electron chi connectivity index (χ2n) is 5.54. The lowest BCUT2D eigenvalue weighted by Crippen LogP contribution is -2.39.